The molecule has 0 radical (unpaired) electrons. The van der Waals surface area contributed by atoms with E-state index in [9.17, 15) is 22.8 Å². The molecule has 2 rings (SSSR count). The van der Waals surface area contributed by atoms with Gasteiger partial charge in [-0.25, -0.2) is 5.01 Å². The predicted molar refractivity (Wildman–Crippen MR) is 95.3 cm³/mol. The third kappa shape index (κ3) is 5.96. The molecule has 0 fully saturated rings. The van der Waals surface area contributed by atoms with Gasteiger partial charge in [0.15, 0.2) is 0 Å². The number of hydrazone groups is 1. The van der Waals surface area contributed by atoms with Crippen molar-refractivity contribution < 1.29 is 27.2 Å². The molecular weight excluding hydrogens is 393 g/mol. The van der Waals surface area contributed by atoms with Crippen LogP contribution in [-0.2, 0) is 15.8 Å². The van der Waals surface area contributed by atoms with Crippen molar-refractivity contribution in [2.75, 3.05) is 13.1 Å². The molecule has 0 aliphatic rings. The Hall–Kier alpha value is -3.57. The van der Waals surface area contributed by atoms with Crippen LogP contribution in [0.25, 0.3) is 11.5 Å². The number of amides is 2. The van der Waals surface area contributed by atoms with Gasteiger partial charge in [-0.3, -0.25) is 14.6 Å². The summed E-state index contributed by atoms with van der Waals surface area (Å²) in [4.78, 5) is 26.4. The first-order valence-corrected chi connectivity index (χ1v) is 8.34. The first kappa shape index (κ1) is 21.7. The van der Waals surface area contributed by atoms with E-state index in [4.69, 9.17) is 4.42 Å². The van der Waals surface area contributed by atoms with E-state index in [1.807, 2.05) is 0 Å². The van der Waals surface area contributed by atoms with Gasteiger partial charge >= 0.3 is 6.18 Å². The molecule has 154 valence electrons. The lowest BCUT2D eigenvalue weighted by atomic mass is 10.2. The lowest BCUT2D eigenvalue weighted by molar-refractivity contribution is -0.137. The molecule has 2 heterocycles. The Morgan fingerprint density at radius 3 is 2.72 bits per heavy atom. The van der Waals surface area contributed by atoms with Gasteiger partial charge in [0.05, 0.1) is 11.1 Å². The van der Waals surface area contributed by atoms with Gasteiger partial charge in [-0.1, -0.05) is 6.08 Å². The Balaban J connectivity index is 2.33. The van der Waals surface area contributed by atoms with Crippen LogP contribution >= 0.6 is 0 Å². The second-order valence-electron chi connectivity index (χ2n) is 5.51. The molecule has 0 aromatic carbocycles. The van der Waals surface area contributed by atoms with Crippen LogP contribution in [0.15, 0.2) is 40.1 Å². The summed E-state index contributed by atoms with van der Waals surface area (Å²) in [6, 6.07) is 0.823. The number of rotatable bonds is 8. The first-order valence-electron chi connectivity index (χ1n) is 8.34. The van der Waals surface area contributed by atoms with Crippen LogP contribution in [0.2, 0.25) is 0 Å². The number of hydrogen-bond acceptors (Lipinski definition) is 7. The quantitative estimate of drug-likeness (QED) is 0.405. The fourth-order valence-electron chi connectivity index (χ4n) is 2.10. The fourth-order valence-corrected chi connectivity index (χ4v) is 2.10. The zero-order valence-corrected chi connectivity index (χ0v) is 15.5. The van der Waals surface area contributed by atoms with Crippen LogP contribution in [0.5, 0.6) is 0 Å². The number of aromatic nitrogens is 3. The summed E-state index contributed by atoms with van der Waals surface area (Å²) in [6.45, 7) is 3.44. The van der Waals surface area contributed by atoms with Crippen LogP contribution in [0.1, 0.15) is 25.3 Å². The zero-order chi connectivity index (χ0) is 21.4. The molecule has 9 nitrogen and oxygen atoms in total. The van der Waals surface area contributed by atoms with Crippen molar-refractivity contribution in [1.82, 2.24) is 25.5 Å². The number of hydrogen-bond donors (Lipinski definition) is 1. The van der Waals surface area contributed by atoms with Gasteiger partial charge in [-0.15, -0.1) is 10.2 Å². The van der Waals surface area contributed by atoms with E-state index in [-0.39, 0.29) is 29.6 Å². The lowest BCUT2D eigenvalue weighted by Gasteiger charge is -2.11. The highest BCUT2D eigenvalue weighted by Crippen LogP contribution is 2.31. The van der Waals surface area contributed by atoms with Crippen molar-refractivity contribution in [2.45, 2.75) is 20.0 Å². The molecule has 1 N–H and O–H groups in total. The minimum atomic E-state index is -4.58. The number of carbonyl (C=O) groups excluding carboxylic acids is 2. The molecule has 0 unspecified atom stereocenters. The fraction of sp³-hybridized carbons (Fsp3) is 0.294. The molecule has 29 heavy (non-hydrogen) atoms. The number of nitrogens with zero attached hydrogens (tertiary/aromatic N) is 5. The Morgan fingerprint density at radius 2 is 2.10 bits per heavy atom. The molecule has 0 aliphatic heterocycles. The Morgan fingerprint density at radius 1 is 1.34 bits per heavy atom. The third-order valence-corrected chi connectivity index (χ3v) is 3.32. The van der Waals surface area contributed by atoms with Crippen molar-refractivity contribution >= 4 is 18.0 Å². The van der Waals surface area contributed by atoms with Gasteiger partial charge < -0.3 is 9.73 Å². The number of allylic oxidation sites excluding steroid dienone is 2. The first-order chi connectivity index (χ1) is 13.8. The van der Waals surface area contributed by atoms with Gasteiger partial charge in [0.1, 0.15) is 12.3 Å². The topological polar surface area (TPSA) is 114 Å². The summed E-state index contributed by atoms with van der Waals surface area (Å²) < 4.78 is 44.0. The second-order valence-corrected chi connectivity index (χ2v) is 5.51. The number of pyridine rings is 1. The zero-order valence-electron chi connectivity index (χ0n) is 15.5. The SMILES string of the molecule is C/C=C\C(=N/N(C=O)CC(=O)NCC)c1nnc(-c2cncc(C(F)(F)F)c2)o1. The smallest absolute Gasteiger partial charge is 0.414 e. The minimum Gasteiger partial charge on any atom is -0.414 e. The summed E-state index contributed by atoms with van der Waals surface area (Å²) in [5.74, 6) is -0.792. The van der Waals surface area contributed by atoms with Crippen molar-refractivity contribution in [2.24, 2.45) is 5.10 Å². The molecule has 12 heteroatoms. The van der Waals surface area contributed by atoms with E-state index in [1.54, 1.807) is 19.9 Å². The molecule has 2 aromatic heterocycles. The number of likely N-dealkylation sites (N-methyl/N-ethyl adjacent to an activating group) is 1. The molecule has 0 bridgehead atoms. The summed E-state index contributed by atoms with van der Waals surface area (Å²) in [5, 5.41) is 14.8. The van der Waals surface area contributed by atoms with Crippen molar-refractivity contribution in [3.8, 4) is 11.5 Å². The van der Waals surface area contributed by atoms with Crippen molar-refractivity contribution in [1.29, 1.82) is 0 Å². The van der Waals surface area contributed by atoms with E-state index in [0.29, 0.717) is 19.2 Å². The van der Waals surface area contributed by atoms with E-state index in [1.165, 1.54) is 6.08 Å². The number of carbonyl (C=O) groups is 2. The number of alkyl halides is 3. The van der Waals surface area contributed by atoms with Crippen LogP contribution < -0.4 is 5.32 Å². The van der Waals surface area contributed by atoms with Crippen LogP contribution in [0, 0.1) is 0 Å². The van der Waals surface area contributed by atoms with Crippen LogP contribution in [0.3, 0.4) is 0 Å². The molecule has 0 atom stereocenters. The lowest BCUT2D eigenvalue weighted by Crippen LogP contribution is -2.34. The van der Waals surface area contributed by atoms with Gasteiger partial charge in [0, 0.05) is 18.9 Å². The third-order valence-electron chi connectivity index (χ3n) is 3.32. The number of nitrogens with one attached hydrogen (secondary N) is 1. The van der Waals surface area contributed by atoms with Gasteiger partial charge in [0.25, 0.3) is 5.89 Å². The highest BCUT2D eigenvalue weighted by atomic mass is 19.4. The standard InChI is InChI=1S/C17H17F3N6O3/c1-3-5-13(25-26(10-27)9-14(28)22-4-2)16-24-23-15(29-16)11-6-12(8-21-7-11)17(18,19)20/h3,5-8,10H,4,9H2,1-2H3,(H,22,28)/b5-3-,25-13+. The average Bonchev–Trinajstić information content (AvgIpc) is 3.16. The molecule has 2 amide bonds. The maximum absolute atomic E-state index is 12.9. The Bertz CT molecular complexity index is 923. The average molecular weight is 410 g/mol. The van der Waals surface area contributed by atoms with E-state index < -0.39 is 17.6 Å². The summed E-state index contributed by atoms with van der Waals surface area (Å²) >= 11 is 0. The highest BCUT2D eigenvalue weighted by molar-refractivity contribution is 6.05. The molecule has 2 aromatic rings. The maximum atomic E-state index is 12.9. The highest BCUT2D eigenvalue weighted by Gasteiger charge is 2.31. The Kier molecular flexibility index (Phi) is 7.17. The maximum Gasteiger partial charge on any atom is 0.417 e. The Labute approximate surface area is 163 Å². The monoisotopic (exact) mass is 410 g/mol. The molecule has 0 aliphatic carbocycles. The molecular formula is C17H17F3N6O3. The van der Waals surface area contributed by atoms with E-state index >= 15 is 0 Å². The second kappa shape index (κ2) is 9.57. The normalized spacial score (nSPS) is 12.2. The molecule has 0 saturated heterocycles. The summed E-state index contributed by atoms with van der Waals surface area (Å²) in [5.41, 5.74) is -0.957. The van der Waals surface area contributed by atoms with E-state index in [2.05, 4.69) is 25.6 Å². The molecule has 0 spiro atoms. The van der Waals surface area contributed by atoms with Crippen molar-refractivity contribution in [3.05, 3.63) is 42.1 Å². The predicted octanol–water partition coefficient (Wildman–Crippen LogP) is 2.03. The summed E-state index contributed by atoms with van der Waals surface area (Å²) in [6.07, 6.45) is 0.599. The van der Waals surface area contributed by atoms with E-state index in [0.717, 1.165) is 17.3 Å². The summed E-state index contributed by atoms with van der Waals surface area (Å²) in [7, 11) is 0. The van der Waals surface area contributed by atoms with Crippen LogP contribution in [0.4, 0.5) is 13.2 Å². The van der Waals surface area contributed by atoms with Gasteiger partial charge in [0.2, 0.25) is 18.2 Å². The van der Waals surface area contributed by atoms with Crippen molar-refractivity contribution in [3.63, 3.8) is 0 Å². The van der Waals surface area contributed by atoms with Crippen LogP contribution in [-0.4, -0.2) is 51.3 Å². The molecule has 0 saturated carbocycles. The van der Waals surface area contributed by atoms with Gasteiger partial charge in [-0.05, 0) is 26.0 Å². The minimum absolute atomic E-state index is 0.0343. The largest absolute Gasteiger partial charge is 0.417 e. The number of halogens is 3. The van der Waals surface area contributed by atoms with Gasteiger partial charge in [-0.2, -0.15) is 18.3 Å².